The Morgan fingerprint density at radius 3 is 3.00 bits per heavy atom. The molecule has 102 valence electrons. The molecule has 0 spiro atoms. The van der Waals surface area contributed by atoms with Gasteiger partial charge in [0, 0.05) is 31.1 Å². The standard InChI is InChI=1S/C13H18N4OS/c1-3-17-7-10(14)6-12(17)13(18)15-5-4-11-8-19-9(2)16-11/h6-8H,3-5,14H2,1-2H3,(H,15,18). The molecular weight excluding hydrogens is 260 g/mol. The van der Waals surface area contributed by atoms with E-state index in [1.54, 1.807) is 23.6 Å². The largest absolute Gasteiger partial charge is 0.397 e. The lowest BCUT2D eigenvalue weighted by Crippen LogP contribution is -2.27. The minimum absolute atomic E-state index is 0.0921. The van der Waals surface area contributed by atoms with E-state index in [-0.39, 0.29) is 5.91 Å². The lowest BCUT2D eigenvalue weighted by Gasteiger charge is -2.06. The zero-order chi connectivity index (χ0) is 13.8. The first kappa shape index (κ1) is 13.6. The number of nitrogens with zero attached hydrogens (tertiary/aromatic N) is 2. The number of anilines is 1. The molecular formula is C13H18N4OS. The van der Waals surface area contributed by atoms with Gasteiger partial charge in [-0.15, -0.1) is 11.3 Å². The number of nitrogens with one attached hydrogen (secondary N) is 1. The van der Waals surface area contributed by atoms with Crippen LogP contribution in [-0.4, -0.2) is 22.0 Å². The number of nitrogen functional groups attached to an aromatic ring is 1. The molecule has 2 aromatic heterocycles. The molecule has 0 saturated heterocycles. The van der Waals surface area contributed by atoms with E-state index < -0.39 is 0 Å². The van der Waals surface area contributed by atoms with Crippen molar-refractivity contribution >= 4 is 22.9 Å². The zero-order valence-corrected chi connectivity index (χ0v) is 12.0. The maximum Gasteiger partial charge on any atom is 0.267 e. The van der Waals surface area contributed by atoms with Crippen LogP contribution in [-0.2, 0) is 13.0 Å². The van der Waals surface area contributed by atoms with Gasteiger partial charge in [0.2, 0.25) is 0 Å². The van der Waals surface area contributed by atoms with Crippen LogP contribution < -0.4 is 11.1 Å². The molecule has 1 amide bonds. The third-order valence-electron chi connectivity index (χ3n) is 2.82. The molecule has 0 aromatic carbocycles. The van der Waals surface area contributed by atoms with Gasteiger partial charge in [0.15, 0.2) is 0 Å². The van der Waals surface area contributed by atoms with Crippen LogP contribution in [0.5, 0.6) is 0 Å². The summed E-state index contributed by atoms with van der Waals surface area (Å²) >= 11 is 1.62. The molecule has 0 atom stereocenters. The third-order valence-corrected chi connectivity index (χ3v) is 3.65. The third kappa shape index (κ3) is 3.35. The van der Waals surface area contributed by atoms with E-state index in [9.17, 15) is 4.79 Å². The summed E-state index contributed by atoms with van der Waals surface area (Å²) in [5.74, 6) is -0.0921. The Labute approximate surface area is 116 Å². The van der Waals surface area contributed by atoms with Crippen molar-refractivity contribution in [1.29, 1.82) is 0 Å². The van der Waals surface area contributed by atoms with Gasteiger partial charge in [-0.3, -0.25) is 4.79 Å². The van der Waals surface area contributed by atoms with E-state index in [0.717, 1.165) is 23.7 Å². The summed E-state index contributed by atoms with van der Waals surface area (Å²) < 4.78 is 1.84. The number of carbonyl (C=O) groups is 1. The van der Waals surface area contributed by atoms with Crippen molar-refractivity contribution in [1.82, 2.24) is 14.9 Å². The maximum atomic E-state index is 12.0. The van der Waals surface area contributed by atoms with Crippen LogP contribution in [0.3, 0.4) is 0 Å². The van der Waals surface area contributed by atoms with Gasteiger partial charge in [-0.2, -0.15) is 0 Å². The van der Waals surface area contributed by atoms with E-state index in [0.29, 0.717) is 17.9 Å². The van der Waals surface area contributed by atoms with Crippen LogP contribution in [0.25, 0.3) is 0 Å². The van der Waals surface area contributed by atoms with Crippen molar-refractivity contribution < 1.29 is 4.79 Å². The number of thiazole rings is 1. The minimum Gasteiger partial charge on any atom is -0.397 e. The van der Waals surface area contributed by atoms with Crippen LogP contribution in [0.15, 0.2) is 17.6 Å². The van der Waals surface area contributed by atoms with Gasteiger partial charge in [0.1, 0.15) is 5.69 Å². The predicted molar refractivity (Wildman–Crippen MR) is 77.4 cm³/mol. The number of hydrogen-bond acceptors (Lipinski definition) is 4. The molecule has 0 bridgehead atoms. The number of aromatic nitrogens is 2. The number of rotatable bonds is 5. The summed E-state index contributed by atoms with van der Waals surface area (Å²) in [5, 5.41) is 5.97. The average molecular weight is 278 g/mol. The van der Waals surface area contributed by atoms with E-state index in [2.05, 4.69) is 10.3 Å². The molecule has 0 unspecified atom stereocenters. The Bertz CT molecular complexity index is 573. The molecule has 3 N–H and O–H groups in total. The van der Waals surface area contributed by atoms with Gasteiger partial charge < -0.3 is 15.6 Å². The molecule has 5 nitrogen and oxygen atoms in total. The smallest absolute Gasteiger partial charge is 0.267 e. The summed E-state index contributed by atoms with van der Waals surface area (Å²) in [7, 11) is 0. The molecule has 0 aliphatic heterocycles. The van der Waals surface area contributed by atoms with Crippen molar-refractivity contribution in [3.8, 4) is 0 Å². The summed E-state index contributed by atoms with van der Waals surface area (Å²) in [4.78, 5) is 16.4. The highest BCUT2D eigenvalue weighted by molar-refractivity contribution is 7.09. The van der Waals surface area contributed by atoms with Crippen molar-refractivity contribution in [2.45, 2.75) is 26.8 Å². The van der Waals surface area contributed by atoms with Crippen molar-refractivity contribution in [2.75, 3.05) is 12.3 Å². The first-order valence-corrected chi connectivity index (χ1v) is 7.13. The number of aryl methyl sites for hydroxylation is 2. The summed E-state index contributed by atoms with van der Waals surface area (Å²) in [5.41, 5.74) is 7.95. The van der Waals surface area contributed by atoms with E-state index in [1.807, 2.05) is 23.8 Å². The van der Waals surface area contributed by atoms with Crippen LogP contribution in [0, 0.1) is 6.92 Å². The highest BCUT2D eigenvalue weighted by Gasteiger charge is 2.11. The van der Waals surface area contributed by atoms with Crippen LogP contribution in [0.4, 0.5) is 5.69 Å². The lowest BCUT2D eigenvalue weighted by atomic mass is 10.3. The SMILES string of the molecule is CCn1cc(N)cc1C(=O)NCCc1csc(C)n1. The molecule has 0 radical (unpaired) electrons. The van der Waals surface area contributed by atoms with Gasteiger partial charge in [-0.05, 0) is 19.9 Å². The highest BCUT2D eigenvalue weighted by atomic mass is 32.1. The Hall–Kier alpha value is -1.82. The van der Waals surface area contributed by atoms with Gasteiger partial charge in [-0.25, -0.2) is 4.98 Å². The highest BCUT2D eigenvalue weighted by Crippen LogP contribution is 2.11. The average Bonchev–Trinajstić information content (AvgIpc) is 2.95. The fraction of sp³-hybridized carbons (Fsp3) is 0.385. The Morgan fingerprint density at radius 2 is 2.37 bits per heavy atom. The molecule has 2 aromatic rings. The van der Waals surface area contributed by atoms with Crippen LogP contribution >= 0.6 is 11.3 Å². The molecule has 0 aliphatic carbocycles. The topological polar surface area (TPSA) is 72.9 Å². The fourth-order valence-electron chi connectivity index (χ4n) is 1.90. The second-order valence-electron chi connectivity index (χ2n) is 4.31. The van der Waals surface area contributed by atoms with Crippen molar-refractivity contribution in [3.63, 3.8) is 0 Å². The van der Waals surface area contributed by atoms with Gasteiger partial charge >= 0.3 is 0 Å². The van der Waals surface area contributed by atoms with Crippen molar-refractivity contribution in [2.24, 2.45) is 0 Å². The maximum absolute atomic E-state index is 12.0. The quantitative estimate of drug-likeness (QED) is 0.876. The van der Waals surface area contributed by atoms with E-state index in [1.165, 1.54) is 0 Å². The minimum atomic E-state index is -0.0921. The molecule has 19 heavy (non-hydrogen) atoms. The number of amides is 1. The van der Waals surface area contributed by atoms with Gasteiger partial charge in [-0.1, -0.05) is 0 Å². The fourth-order valence-corrected chi connectivity index (χ4v) is 2.55. The summed E-state index contributed by atoms with van der Waals surface area (Å²) in [6.07, 6.45) is 2.52. The summed E-state index contributed by atoms with van der Waals surface area (Å²) in [6.45, 7) is 5.26. The predicted octanol–water partition coefficient (Wildman–Crippen LogP) is 1.83. The second kappa shape index (κ2) is 5.88. The van der Waals surface area contributed by atoms with E-state index >= 15 is 0 Å². The molecule has 0 fully saturated rings. The molecule has 6 heteroatoms. The molecule has 2 rings (SSSR count). The van der Waals surface area contributed by atoms with Crippen LogP contribution in [0.1, 0.15) is 28.1 Å². The first-order chi connectivity index (χ1) is 9.10. The Balaban J connectivity index is 1.90. The number of nitrogens with two attached hydrogens (primary N) is 1. The zero-order valence-electron chi connectivity index (χ0n) is 11.1. The summed E-state index contributed by atoms with van der Waals surface area (Å²) in [6, 6.07) is 1.70. The van der Waals surface area contributed by atoms with Gasteiger partial charge in [0.25, 0.3) is 5.91 Å². The first-order valence-electron chi connectivity index (χ1n) is 6.25. The van der Waals surface area contributed by atoms with Gasteiger partial charge in [0.05, 0.1) is 16.4 Å². The Morgan fingerprint density at radius 1 is 1.58 bits per heavy atom. The van der Waals surface area contributed by atoms with Crippen molar-refractivity contribution in [3.05, 3.63) is 34.0 Å². The second-order valence-corrected chi connectivity index (χ2v) is 5.37. The normalized spacial score (nSPS) is 10.6. The molecule has 2 heterocycles. The number of carbonyl (C=O) groups excluding carboxylic acids is 1. The molecule has 0 saturated carbocycles. The lowest BCUT2D eigenvalue weighted by molar-refractivity contribution is 0.0945. The molecule has 0 aliphatic rings. The number of hydrogen-bond donors (Lipinski definition) is 2. The van der Waals surface area contributed by atoms with Crippen LogP contribution in [0.2, 0.25) is 0 Å². The Kier molecular flexibility index (Phi) is 4.21. The monoisotopic (exact) mass is 278 g/mol. The van der Waals surface area contributed by atoms with E-state index in [4.69, 9.17) is 5.73 Å².